The van der Waals surface area contributed by atoms with Crippen LogP contribution in [0.3, 0.4) is 0 Å². The lowest BCUT2D eigenvalue weighted by molar-refractivity contribution is 0.396. The maximum absolute atomic E-state index is 14.0. The third-order valence-electron chi connectivity index (χ3n) is 3.47. The molecule has 102 valence electrons. The smallest absolute Gasteiger partial charge is 0.391 e. The van der Waals surface area contributed by atoms with Crippen molar-refractivity contribution in [2.75, 3.05) is 0 Å². The highest BCUT2D eigenvalue weighted by molar-refractivity contribution is 5.37. The Morgan fingerprint density at radius 3 is 2.68 bits per heavy atom. The maximum atomic E-state index is 14.0. The van der Waals surface area contributed by atoms with Gasteiger partial charge in [0.15, 0.2) is 0 Å². The zero-order valence-corrected chi connectivity index (χ0v) is 11.0. The van der Waals surface area contributed by atoms with E-state index >= 15 is 0 Å². The van der Waals surface area contributed by atoms with Gasteiger partial charge in [-0.15, -0.1) is 5.10 Å². The molecule has 19 heavy (non-hydrogen) atoms. The predicted molar refractivity (Wildman–Crippen MR) is 68.3 cm³/mol. The molecule has 0 aliphatic rings. The summed E-state index contributed by atoms with van der Waals surface area (Å²) in [6, 6.07) is 2.46. The second kappa shape index (κ2) is 4.97. The van der Waals surface area contributed by atoms with Crippen LogP contribution < -0.4 is 11.5 Å². The predicted octanol–water partition coefficient (Wildman–Crippen LogP) is 1.92. The van der Waals surface area contributed by atoms with Crippen LogP contribution in [0, 0.1) is 19.7 Å². The molecule has 0 fully saturated rings. The lowest BCUT2D eigenvalue weighted by atomic mass is 9.88. The number of nitrogens with two attached hydrogens (primary N) is 1. The van der Waals surface area contributed by atoms with Crippen LogP contribution in [0.5, 0.6) is 0 Å². The van der Waals surface area contributed by atoms with Crippen molar-refractivity contribution in [1.82, 2.24) is 10.2 Å². The normalized spacial score (nSPS) is 14.4. The molecule has 1 unspecified atom stereocenters. The molecule has 2 aromatic rings. The first-order valence-electron chi connectivity index (χ1n) is 5.98. The highest BCUT2D eigenvalue weighted by Crippen LogP contribution is 2.32. The van der Waals surface area contributed by atoms with Gasteiger partial charge in [0, 0.05) is 5.92 Å². The van der Waals surface area contributed by atoms with Gasteiger partial charge in [-0.25, -0.2) is 14.3 Å². The summed E-state index contributed by atoms with van der Waals surface area (Å²) in [5.41, 5.74) is 8.35. The van der Waals surface area contributed by atoms with Crippen molar-refractivity contribution in [1.29, 1.82) is 0 Å². The summed E-state index contributed by atoms with van der Waals surface area (Å²) in [6.07, 6.45) is 0. The summed E-state index contributed by atoms with van der Waals surface area (Å²) in [7, 11) is 0. The Bertz CT molecular complexity index is 648. The number of aryl methyl sites for hydroxylation is 1. The van der Waals surface area contributed by atoms with Crippen LogP contribution in [0.2, 0.25) is 0 Å². The molecule has 1 aromatic carbocycles. The number of halogens is 1. The molecule has 1 heterocycles. The molecule has 2 rings (SSSR count). The summed E-state index contributed by atoms with van der Waals surface area (Å²) in [5, 5.41) is 5.84. The lowest BCUT2D eigenvalue weighted by Crippen LogP contribution is -2.20. The Morgan fingerprint density at radius 2 is 2.11 bits per heavy atom. The molecule has 6 heteroatoms. The summed E-state index contributed by atoms with van der Waals surface area (Å²) in [6.45, 7) is 5.53. The second-order valence-electron chi connectivity index (χ2n) is 4.67. The largest absolute Gasteiger partial charge is 0.434 e. The van der Waals surface area contributed by atoms with Gasteiger partial charge in [0.2, 0.25) is 5.89 Å². The van der Waals surface area contributed by atoms with Crippen molar-refractivity contribution >= 4 is 0 Å². The number of benzene rings is 1. The number of nitrogens with zero attached hydrogens (tertiary/aromatic N) is 1. The van der Waals surface area contributed by atoms with E-state index in [4.69, 9.17) is 10.2 Å². The van der Waals surface area contributed by atoms with E-state index in [1.54, 1.807) is 13.0 Å². The molecule has 0 saturated carbocycles. The van der Waals surface area contributed by atoms with Crippen LogP contribution in [-0.2, 0) is 0 Å². The Kier molecular flexibility index (Phi) is 3.53. The van der Waals surface area contributed by atoms with E-state index in [1.807, 2.05) is 13.8 Å². The number of hydrogen-bond acceptors (Lipinski definition) is 4. The molecule has 1 aromatic heterocycles. The molecular formula is C13H16FN3O2. The number of aromatic amines is 1. The van der Waals surface area contributed by atoms with Crippen LogP contribution >= 0.6 is 0 Å². The number of nitrogens with one attached hydrogen (secondary N) is 1. The van der Waals surface area contributed by atoms with Crippen molar-refractivity contribution in [2.24, 2.45) is 5.73 Å². The quantitative estimate of drug-likeness (QED) is 0.887. The standard InChI is InChI=1S/C13H16FN3O2/c1-6-4-5-9(14)10(7(6)2)8(3)11(15)12-16-17-13(18)19-12/h4-5,8,11H,15H2,1-3H3,(H,17,18)/t8?,11-/m0/s1. The van der Waals surface area contributed by atoms with Crippen LogP contribution in [-0.4, -0.2) is 10.2 Å². The van der Waals surface area contributed by atoms with E-state index in [0.717, 1.165) is 11.1 Å². The van der Waals surface area contributed by atoms with Crippen LogP contribution in [0.1, 0.15) is 41.5 Å². The first-order valence-corrected chi connectivity index (χ1v) is 5.98. The minimum Gasteiger partial charge on any atom is -0.391 e. The zero-order valence-electron chi connectivity index (χ0n) is 11.0. The molecule has 0 bridgehead atoms. The van der Waals surface area contributed by atoms with Gasteiger partial charge >= 0.3 is 5.76 Å². The van der Waals surface area contributed by atoms with Gasteiger partial charge in [-0.05, 0) is 36.6 Å². The first-order chi connectivity index (χ1) is 8.91. The van der Waals surface area contributed by atoms with Gasteiger partial charge in [0.25, 0.3) is 0 Å². The fourth-order valence-corrected chi connectivity index (χ4v) is 2.14. The Labute approximate surface area is 109 Å². The fourth-order valence-electron chi connectivity index (χ4n) is 2.14. The number of H-pyrrole nitrogens is 1. The molecule has 0 amide bonds. The average molecular weight is 265 g/mol. The van der Waals surface area contributed by atoms with Crippen LogP contribution in [0.4, 0.5) is 4.39 Å². The van der Waals surface area contributed by atoms with E-state index in [2.05, 4.69) is 10.2 Å². The third kappa shape index (κ3) is 2.44. The van der Waals surface area contributed by atoms with Gasteiger partial charge in [-0.3, -0.25) is 0 Å². The van der Waals surface area contributed by atoms with Crippen molar-refractivity contribution in [3.63, 3.8) is 0 Å². The Balaban J connectivity index is 2.42. The van der Waals surface area contributed by atoms with Crippen LogP contribution in [0.25, 0.3) is 0 Å². The van der Waals surface area contributed by atoms with Gasteiger partial charge in [-0.2, -0.15) is 0 Å². The van der Waals surface area contributed by atoms with Crippen molar-refractivity contribution in [3.05, 3.63) is 51.1 Å². The molecule has 2 atom stereocenters. The maximum Gasteiger partial charge on any atom is 0.434 e. The van der Waals surface area contributed by atoms with Crippen molar-refractivity contribution in [2.45, 2.75) is 32.7 Å². The first kappa shape index (κ1) is 13.5. The molecule has 0 spiro atoms. The number of aromatic nitrogens is 2. The van der Waals surface area contributed by atoms with E-state index in [9.17, 15) is 9.18 Å². The molecule has 0 aliphatic carbocycles. The lowest BCUT2D eigenvalue weighted by Gasteiger charge is -2.20. The van der Waals surface area contributed by atoms with Crippen molar-refractivity contribution < 1.29 is 8.81 Å². The minimum absolute atomic E-state index is 0.0813. The van der Waals surface area contributed by atoms with E-state index in [0.29, 0.717) is 5.56 Å². The summed E-state index contributed by atoms with van der Waals surface area (Å²) >= 11 is 0. The molecule has 5 nitrogen and oxygen atoms in total. The van der Waals surface area contributed by atoms with Gasteiger partial charge < -0.3 is 10.2 Å². The monoisotopic (exact) mass is 265 g/mol. The average Bonchev–Trinajstić information content (AvgIpc) is 2.80. The van der Waals surface area contributed by atoms with E-state index in [-0.39, 0.29) is 17.6 Å². The molecule has 0 saturated heterocycles. The second-order valence-corrected chi connectivity index (χ2v) is 4.67. The topological polar surface area (TPSA) is 84.9 Å². The van der Waals surface area contributed by atoms with Crippen LogP contribution in [0.15, 0.2) is 21.3 Å². The highest BCUT2D eigenvalue weighted by Gasteiger charge is 2.25. The fraction of sp³-hybridized carbons (Fsp3) is 0.385. The number of rotatable bonds is 3. The summed E-state index contributed by atoms with van der Waals surface area (Å²) < 4.78 is 18.8. The summed E-state index contributed by atoms with van der Waals surface area (Å²) in [4.78, 5) is 10.9. The van der Waals surface area contributed by atoms with E-state index < -0.39 is 11.8 Å². The highest BCUT2D eigenvalue weighted by atomic mass is 19.1. The molecule has 0 aliphatic heterocycles. The SMILES string of the molecule is Cc1ccc(F)c(C(C)[C@H](N)c2n[nH]c(=O)o2)c1C. The number of hydrogen-bond donors (Lipinski definition) is 2. The van der Waals surface area contributed by atoms with Gasteiger partial charge in [0.1, 0.15) is 5.82 Å². The van der Waals surface area contributed by atoms with Crippen molar-refractivity contribution in [3.8, 4) is 0 Å². The van der Waals surface area contributed by atoms with Gasteiger partial charge in [-0.1, -0.05) is 13.0 Å². The molecule has 3 N–H and O–H groups in total. The van der Waals surface area contributed by atoms with E-state index in [1.165, 1.54) is 6.07 Å². The van der Waals surface area contributed by atoms with Gasteiger partial charge in [0.05, 0.1) is 6.04 Å². The Hall–Kier alpha value is -1.95. The molecular weight excluding hydrogens is 249 g/mol. The summed E-state index contributed by atoms with van der Waals surface area (Å²) in [5.74, 6) is -1.26. The zero-order chi connectivity index (χ0) is 14.2. The Morgan fingerprint density at radius 1 is 1.42 bits per heavy atom. The molecule has 0 radical (unpaired) electrons. The third-order valence-corrected chi connectivity index (χ3v) is 3.47. The minimum atomic E-state index is -0.686.